The summed E-state index contributed by atoms with van der Waals surface area (Å²) in [6.45, 7) is 3.46. The van der Waals surface area contributed by atoms with Crippen LogP contribution in [0.2, 0.25) is 0 Å². The molecule has 1 saturated heterocycles. The Hall–Kier alpha value is -3.15. The number of hydrogen-bond donors (Lipinski definition) is 1. The fourth-order valence-electron chi connectivity index (χ4n) is 4.26. The van der Waals surface area contributed by atoms with Gasteiger partial charge in [0.2, 0.25) is 5.91 Å². The zero-order valence-electron chi connectivity index (χ0n) is 16.7. The van der Waals surface area contributed by atoms with E-state index in [0.717, 1.165) is 28.1 Å². The second kappa shape index (κ2) is 7.35. The molecular formula is C23H25N3O3. The summed E-state index contributed by atoms with van der Waals surface area (Å²) < 4.78 is 0. The molecule has 2 atom stereocenters. The first-order chi connectivity index (χ1) is 13.9. The molecule has 2 aliphatic heterocycles. The Kier molecular flexibility index (Phi) is 4.86. The van der Waals surface area contributed by atoms with Crippen LogP contribution in [0.1, 0.15) is 31.4 Å². The minimum absolute atomic E-state index is 0.00475. The van der Waals surface area contributed by atoms with E-state index in [1.807, 2.05) is 61.5 Å². The molecule has 2 heterocycles. The molecule has 6 heteroatoms. The van der Waals surface area contributed by atoms with Crippen LogP contribution in [0.25, 0.3) is 0 Å². The zero-order valence-corrected chi connectivity index (χ0v) is 16.7. The van der Waals surface area contributed by atoms with Crippen molar-refractivity contribution in [3.8, 4) is 0 Å². The third-order valence-electron chi connectivity index (χ3n) is 5.87. The molecular weight excluding hydrogens is 366 g/mol. The maximum absolute atomic E-state index is 13.0. The van der Waals surface area contributed by atoms with E-state index in [0.29, 0.717) is 12.8 Å². The highest BCUT2D eigenvalue weighted by atomic mass is 16.2. The molecule has 1 fully saturated rings. The summed E-state index contributed by atoms with van der Waals surface area (Å²) >= 11 is 0. The lowest BCUT2D eigenvalue weighted by atomic mass is 9.93. The molecule has 2 aromatic carbocycles. The van der Waals surface area contributed by atoms with Crippen LogP contribution in [0.15, 0.2) is 54.6 Å². The van der Waals surface area contributed by atoms with Crippen molar-refractivity contribution >= 4 is 23.5 Å². The summed E-state index contributed by atoms with van der Waals surface area (Å²) in [5.41, 5.74) is 2.08. The average molecular weight is 391 g/mol. The van der Waals surface area contributed by atoms with Gasteiger partial charge in [-0.2, -0.15) is 0 Å². The van der Waals surface area contributed by atoms with E-state index in [2.05, 4.69) is 5.32 Å². The molecule has 6 nitrogen and oxygen atoms in total. The number of carbonyl (C=O) groups is 3. The van der Waals surface area contributed by atoms with E-state index in [-0.39, 0.29) is 24.4 Å². The molecule has 4 rings (SSSR count). The summed E-state index contributed by atoms with van der Waals surface area (Å²) in [4.78, 5) is 41.3. The van der Waals surface area contributed by atoms with Crippen molar-refractivity contribution in [1.29, 1.82) is 0 Å². The number of fused-ring (bicyclic) bond motifs is 1. The van der Waals surface area contributed by atoms with E-state index in [1.165, 1.54) is 0 Å². The minimum Gasteiger partial charge on any atom is -0.323 e. The predicted octanol–water partition coefficient (Wildman–Crippen LogP) is 2.91. The van der Waals surface area contributed by atoms with E-state index in [1.54, 1.807) is 11.8 Å². The maximum atomic E-state index is 13.0. The molecule has 0 bridgehead atoms. The summed E-state index contributed by atoms with van der Waals surface area (Å²) in [6, 6.07) is 17.1. The summed E-state index contributed by atoms with van der Waals surface area (Å²) in [5, 5.41) is 2.79. The molecule has 0 spiro atoms. The quantitative estimate of drug-likeness (QED) is 0.797. The van der Waals surface area contributed by atoms with Gasteiger partial charge < -0.3 is 10.2 Å². The van der Waals surface area contributed by atoms with Crippen molar-refractivity contribution in [2.45, 2.75) is 44.7 Å². The number of rotatable bonds is 5. The molecule has 0 aliphatic carbocycles. The monoisotopic (exact) mass is 391 g/mol. The van der Waals surface area contributed by atoms with E-state index in [9.17, 15) is 14.4 Å². The number of carbonyl (C=O) groups excluding carboxylic acids is 3. The van der Waals surface area contributed by atoms with Crippen LogP contribution >= 0.6 is 0 Å². The first kappa shape index (κ1) is 19.2. The van der Waals surface area contributed by atoms with Crippen LogP contribution in [-0.4, -0.2) is 40.9 Å². The summed E-state index contributed by atoms with van der Waals surface area (Å²) in [7, 11) is 0. The minimum atomic E-state index is -0.998. The van der Waals surface area contributed by atoms with Crippen LogP contribution in [0, 0.1) is 0 Å². The molecule has 2 aliphatic rings. The lowest BCUT2D eigenvalue weighted by Crippen LogP contribution is -2.47. The highest BCUT2D eigenvalue weighted by Gasteiger charge is 2.48. The number of nitrogens with one attached hydrogen (secondary N) is 1. The Balaban J connectivity index is 1.46. The maximum Gasteiger partial charge on any atom is 0.325 e. The third kappa shape index (κ3) is 3.50. The second-order valence-electron chi connectivity index (χ2n) is 8.08. The largest absolute Gasteiger partial charge is 0.325 e. The third-order valence-corrected chi connectivity index (χ3v) is 5.87. The topological polar surface area (TPSA) is 69.7 Å². The number of hydrogen-bond acceptors (Lipinski definition) is 3. The van der Waals surface area contributed by atoms with Gasteiger partial charge in [-0.05, 0) is 50.3 Å². The molecule has 150 valence electrons. The molecule has 29 heavy (non-hydrogen) atoms. The molecule has 0 unspecified atom stereocenters. The average Bonchev–Trinajstić information content (AvgIpc) is 3.15. The van der Waals surface area contributed by atoms with Crippen LogP contribution in [0.5, 0.6) is 0 Å². The normalized spacial score (nSPS) is 23.3. The van der Waals surface area contributed by atoms with Gasteiger partial charge in [0.05, 0.1) is 0 Å². The van der Waals surface area contributed by atoms with Crippen molar-refractivity contribution in [3.63, 3.8) is 0 Å². The molecule has 2 aromatic rings. The molecule has 0 aromatic heterocycles. The highest BCUT2D eigenvalue weighted by molar-refractivity contribution is 6.10. The summed E-state index contributed by atoms with van der Waals surface area (Å²) in [5.74, 6) is -0.579. The van der Waals surface area contributed by atoms with Gasteiger partial charge in [0.1, 0.15) is 12.1 Å². The Morgan fingerprint density at radius 3 is 2.55 bits per heavy atom. The molecule has 4 amide bonds. The number of nitrogens with zero attached hydrogens (tertiary/aromatic N) is 2. The number of imide groups is 1. The van der Waals surface area contributed by atoms with E-state index in [4.69, 9.17) is 0 Å². The highest BCUT2D eigenvalue weighted by Crippen LogP contribution is 2.32. The smallest absolute Gasteiger partial charge is 0.323 e. The number of benzene rings is 2. The molecule has 0 saturated carbocycles. The predicted molar refractivity (Wildman–Crippen MR) is 111 cm³/mol. The van der Waals surface area contributed by atoms with E-state index >= 15 is 0 Å². The fourth-order valence-corrected chi connectivity index (χ4v) is 4.26. The van der Waals surface area contributed by atoms with Crippen LogP contribution < -0.4 is 10.2 Å². The first-order valence-electron chi connectivity index (χ1n) is 9.97. The molecule has 0 radical (unpaired) electrons. The number of urea groups is 1. The summed E-state index contributed by atoms with van der Waals surface area (Å²) in [6.07, 6.45) is 1.92. The van der Waals surface area contributed by atoms with Crippen molar-refractivity contribution in [1.82, 2.24) is 10.2 Å². The lowest BCUT2D eigenvalue weighted by molar-refractivity contribution is -0.134. The van der Waals surface area contributed by atoms with Crippen LogP contribution in [-0.2, 0) is 22.4 Å². The Morgan fingerprint density at radius 2 is 1.79 bits per heavy atom. The van der Waals surface area contributed by atoms with Crippen molar-refractivity contribution in [2.75, 3.05) is 11.4 Å². The van der Waals surface area contributed by atoms with Crippen molar-refractivity contribution < 1.29 is 14.4 Å². The van der Waals surface area contributed by atoms with Gasteiger partial charge in [0, 0.05) is 11.7 Å². The SMILES string of the molecule is C[C@H]1Cc2ccccc2N1C(=O)CN1C(=O)N[C@](C)(CCc2ccccc2)C1=O. The van der Waals surface area contributed by atoms with Crippen LogP contribution in [0.4, 0.5) is 10.5 Å². The first-order valence-corrected chi connectivity index (χ1v) is 9.97. The number of para-hydroxylation sites is 1. The fraction of sp³-hybridized carbons (Fsp3) is 0.348. The number of aryl methyl sites for hydroxylation is 1. The Labute approximate surface area is 170 Å². The van der Waals surface area contributed by atoms with Gasteiger partial charge in [0.15, 0.2) is 0 Å². The van der Waals surface area contributed by atoms with Gasteiger partial charge in [-0.1, -0.05) is 48.5 Å². The number of anilines is 1. The Bertz CT molecular complexity index is 959. The van der Waals surface area contributed by atoms with Gasteiger partial charge in [-0.15, -0.1) is 0 Å². The second-order valence-corrected chi connectivity index (χ2v) is 8.08. The van der Waals surface area contributed by atoms with Gasteiger partial charge >= 0.3 is 6.03 Å². The van der Waals surface area contributed by atoms with Crippen molar-refractivity contribution in [3.05, 3.63) is 65.7 Å². The molecule has 1 N–H and O–H groups in total. The van der Waals surface area contributed by atoms with Crippen LogP contribution in [0.3, 0.4) is 0 Å². The van der Waals surface area contributed by atoms with E-state index < -0.39 is 11.6 Å². The Morgan fingerprint density at radius 1 is 1.10 bits per heavy atom. The van der Waals surface area contributed by atoms with Gasteiger partial charge in [-0.25, -0.2) is 4.79 Å². The standard InChI is InChI=1S/C23H25N3O3/c1-16-14-18-10-6-7-11-19(18)26(16)20(27)15-25-21(28)23(2,24-22(25)29)13-12-17-8-4-3-5-9-17/h3-11,16H,12-15H2,1-2H3,(H,24,29)/t16-,23+/m0/s1. The van der Waals surface area contributed by atoms with Gasteiger partial charge in [-0.3, -0.25) is 14.5 Å². The van der Waals surface area contributed by atoms with Gasteiger partial charge in [0.25, 0.3) is 5.91 Å². The zero-order chi connectivity index (χ0) is 20.6. The number of amides is 4. The lowest BCUT2D eigenvalue weighted by Gasteiger charge is -2.25. The van der Waals surface area contributed by atoms with Crippen molar-refractivity contribution in [2.24, 2.45) is 0 Å².